The fraction of sp³-hybridized carbons (Fsp3) is 0. The van der Waals surface area contributed by atoms with E-state index in [0.717, 1.165) is 12.1 Å². The predicted molar refractivity (Wildman–Crippen MR) is 49.2 cm³/mol. The van der Waals surface area contributed by atoms with Crippen LogP contribution in [0.15, 0.2) is 18.2 Å². The van der Waals surface area contributed by atoms with E-state index in [0.29, 0.717) is 4.90 Å². The summed E-state index contributed by atoms with van der Waals surface area (Å²) < 4.78 is 0. The molecule has 0 N–H and O–H groups in total. The number of nitro groups is 1. The number of nitro benzene ring substituents is 1. The van der Waals surface area contributed by atoms with E-state index in [1.807, 2.05) is 0 Å². The first-order chi connectivity index (χ1) is 7.56. The second-order valence-electron chi connectivity index (χ2n) is 3.03. The molecule has 1 aromatic carbocycles. The molecular weight excluding hydrogens is 214 g/mol. The van der Waals surface area contributed by atoms with Crippen LogP contribution < -0.4 is 0 Å². The van der Waals surface area contributed by atoms with Gasteiger partial charge < -0.3 is 0 Å². The monoisotopic (exact) mass is 217 g/mol. The van der Waals surface area contributed by atoms with Crippen LogP contribution in [0.2, 0.25) is 0 Å². The Kier molecular flexibility index (Phi) is 1.92. The smallest absolute Gasteiger partial charge is 0.267 e. The number of fused-ring (bicyclic) bond motifs is 1. The lowest BCUT2D eigenvalue weighted by Crippen LogP contribution is -2.23. The quantitative estimate of drug-likeness (QED) is 0.297. The van der Waals surface area contributed by atoms with Crippen LogP contribution in [0.1, 0.15) is 20.7 Å². The van der Waals surface area contributed by atoms with Crippen LogP contribution in [0.25, 0.3) is 0 Å². The van der Waals surface area contributed by atoms with E-state index in [4.69, 9.17) is 5.26 Å². The molecule has 16 heavy (non-hydrogen) atoms. The molecule has 78 valence electrons. The predicted octanol–water partition coefficient (Wildman–Crippen LogP) is 0.672. The van der Waals surface area contributed by atoms with Crippen molar-refractivity contribution >= 4 is 17.5 Å². The molecule has 0 spiro atoms. The molecule has 7 nitrogen and oxygen atoms in total. The van der Waals surface area contributed by atoms with Crippen molar-refractivity contribution in [3.8, 4) is 6.19 Å². The number of carbonyl (C=O) groups is 2. The molecule has 0 atom stereocenters. The lowest BCUT2D eigenvalue weighted by Gasteiger charge is -1.97. The molecule has 0 bridgehead atoms. The zero-order valence-electron chi connectivity index (χ0n) is 7.71. The second kappa shape index (κ2) is 3.13. The maximum atomic E-state index is 11.5. The van der Waals surface area contributed by atoms with Gasteiger partial charge in [-0.2, -0.15) is 10.2 Å². The molecule has 1 aliphatic heterocycles. The first kappa shape index (κ1) is 9.79. The molecule has 0 saturated carbocycles. The summed E-state index contributed by atoms with van der Waals surface area (Å²) in [5, 5.41) is 19.0. The molecule has 0 saturated heterocycles. The molecule has 7 heteroatoms. The lowest BCUT2D eigenvalue weighted by molar-refractivity contribution is -0.384. The van der Waals surface area contributed by atoms with Gasteiger partial charge in [0.1, 0.15) is 0 Å². The Bertz CT molecular complexity index is 573. The molecular formula is C9H3N3O4. The highest BCUT2D eigenvalue weighted by Crippen LogP contribution is 2.25. The number of carbonyl (C=O) groups excluding carboxylic acids is 2. The van der Waals surface area contributed by atoms with Crippen molar-refractivity contribution in [1.29, 1.82) is 5.26 Å². The Morgan fingerprint density at radius 3 is 2.44 bits per heavy atom. The van der Waals surface area contributed by atoms with Gasteiger partial charge in [-0.15, -0.1) is 0 Å². The fourth-order valence-corrected chi connectivity index (χ4v) is 1.43. The van der Waals surface area contributed by atoms with Gasteiger partial charge >= 0.3 is 0 Å². The summed E-state index contributed by atoms with van der Waals surface area (Å²) in [6.45, 7) is 0. The van der Waals surface area contributed by atoms with E-state index in [1.165, 1.54) is 12.3 Å². The molecule has 0 fully saturated rings. The third kappa shape index (κ3) is 1.14. The van der Waals surface area contributed by atoms with E-state index < -0.39 is 16.7 Å². The summed E-state index contributed by atoms with van der Waals surface area (Å²) in [4.78, 5) is 33.1. The van der Waals surface area contributed by atoms with Gasteiger partial charge in [0.15, 0.2) is 6.19 Å². The molecule has 0 aromatic heterocycles. The van der Waals surface area contributed by atoms with Crippen LogP contribution in [0.4, 0.5) is 5.69 Å². The highest BCUT2D eigenvalue weighted by atomic mass is 16.6. The van der Waals surface area contributed by atoms with Gasteiger partial charge in [-0.1, -0.05) is 0 Å². The van der Waals surface area contributed by atoms with Gasteiger partial charge in [-0.25, -0.2) is 0 Å². The van der Waals surface area contributed by atoms with Crippen molar-refractivity contribution in [1.82, 2.24) is 4.90 Å². The minimum Gasteiger partial charge on any atom is -0.267 e. The Morgan fingerprint density at radius 1 is 1.25 bits per heavy atom. The van der Waals surface area contributed by atoms with Gasteiger partial charge in [0, 0.05) is 12.1 Å². The topological polar surface area (TPSA) is 104 Å². The number of benzene rings is 1. The number of nitrogens with zero attached hydrogens (tertiary/aromatic N) is 3. The summed E-state index contributed by atoms with van der Waals surface area (Å²) in [7, 11) is 0. The zero-order valence-corrected chi connectivity index (χ0v) is 7.71. The number of amides is 2. The molecule has 1 aliphatic rings. The van der Waals surface area contributed by atoms with Crippen LogP contribution >= 0.6 is 0 Å². The van der Waals surface area contributed by atoms with Gasteiger partial charge in [-0.3, -0.25) is 19.7 Å². The number of imide groups is 1. The number of nitriles is 1. The molecule has 2 rings (SSSR count). The Labute approximate surface area is 88.6 Å². The minimum absolute atomic E-state index is 0.0113. The van der Waals surface area contributed by atoms with Crippen LogP contribution in [-0.4, -0.2) is 21.6 Å². The zero-order chi connectivity index (χ0) is 11.9. The van der Waals surface area contributed by atoms with E-state index >= 15 is 0 Å². The highest BCUT2D eigenvalue weighted by molar-refractivity contribution is 6.22. The molecule has 1 heterocycles. The van der Waals surface area contributed by atoms with Crippen LogP contribution in [0.5, 0.6) is 0 Å². The number of hydrogen-bond acceptors (Lipinski definition) is 5. The highest BCUT2D eigenvalue weighted by Gasteiger charge is 2.37. The number of rotatable bonds is 1. The lowest BCUT2D eigenvalue weighted by atomic mass is 10.1. The van der Waals surface area contributed by atoms with Crippen molar-refractivity contribution in [3.05, 3.63) is 39.4 Å². The summed E-state index contributed by atoms with van der Waals surface area (Å²) >= 11 is 0. The molecule has 0 radical (unpaired) electrons. The van der Waals surface area contributed by atoms with E-state index in [-0.39, 0.29) is 16.8 Å². The summed E-state index contributed by atoms with van der Waals surface area (Å²) in [6, 6.07) is 3.28. The van der Waals surface area contributed by atoms with Crippen molar-refractivity contribution in [3.63, 3.8) is 0 Å². The van der Waals surface area contributed by atoms with Gasteiger partial charge in [0.2, 0.25) is 0 Å². The first-order valence-corrected chi connectivity index (χ1v) is 4.13. The average Bonchev–Trinajstić information content (AvgIpc) is 2.51. The third-order valence-corrected chi connectivity index (χ3v) is 2.18. The van der Waals surface area contributed by atoms with Gasteiger partial charge in [-0.05, 0) is 6.07 Å². The summed E-state index contributed by atoms with van der Waals surface area (Å²) in [6.07, 6.45) is 1.42. The minimum atomic E-state index is -0.828. The Balaban J connectivity index is 2.61. The normalized spacial score (nSPS) is 13.6. The average molecular weight is 217 g/mol. The van der Waals surface area contributed by atoms with Crippen molar-refractivity contribution < 1.29 is 14.5 Å². The van der Waals surface area contributed by atoms with E-state index in [1.54, 1.807) is 0 Å². The van der Waals surface area contributed by atoms with E-state index in [2.05, 4.69) is 0 Å². The van der Waals surface area contributed by atoms with Gasteiger partial charge in [0.25, 0.3) is 17.5 Å². The summed E-state index contributed by atoms with van der Waals surface area (Å²) in [5.74, 6) is -1.58. The SMILES string of the molecule is N#CN1C(=O)c2ccc([N+](=O)[O-])cc2C1=O. The van der Waals surface area contributed by atoms with Crippen molar-refractivity contribution in [2.45, 2.75) is 0 Å². The Morgan fingerprint density at radius 2 is 1.88 bits per heavy atom. The van der Waals surface area contributed by atoms with Crippen LogP contribution in [0.3, 0.4) is 0 Å². The molecule has 1 aromatic rings. The molecule has 0 unspecified atom stereocenters. The third-order valence-electron chi connectivity index (χ3n) is 2.18. The van der Waals surface area contributed by atoms with Crippen molar-refractivity contribution in [2.24, 2.45) is 0 Å². The van der Waals surface area contributed by atoms with Crippen LogP contribution in [0, 0.1) is 21.6 Å². The number of non-ortho nitro benzene ring substituents is 1. The Hall–Kier alpha value is -2.75. The largest absolute Gasteiger partial charge is 0.275 e. The first-order valence-electron chi connectivity index (χ1n) is 4.13. The maximum absolute atomic E-state index is 11.5. The second-order valence-corrected chi connectivity index (χ2v) is 3.03. The van der Waals surface area contributed by atoms with Crippen molar-refractivity contribution in [2.75, 3.05) is 0 Å². The maximum Gasteiger partial charge on any atom is 0.275 e. The molecule has 2 amide bonds. The standard InChI is InChI=1S/C9H3N3O4/c10-4-11-8(13)6-2-1-5(12(15)16)3-7(6)9(11)14/h1-3H. The van der Waals surface area contributed by atoms with Crippen LogP contribution in [-0.2, 0) is 0 Å². The van der Waals surface area contributed by atoms with Gasteiger partial charge in [0.05, 0.1) is 16.1 Å². The fourth-order valence-electron chi connectivity index (χ4n) is 1.43. The van der Waals surface area contributed by atoms with E-state index in [9.17, 15) is 19.7 Å². The number of hydrogen-bond donors (Lipinski definition) is 0. The summed E-state index contributed by atoms with van der Waals surface area (Å²) in [5.41, 5.74) is -0.391. The molecule has 0 aliphatic carbocycles.